The average Bonchev–Trinajstić information content (AvgIpc) is 2.77. The summed E-state index contributed by atoms with van der Waals surface area (Å²) in [5.74, 6) is 0. The number of nitrogens with one attached hydrogen (secondary N) is 2. The van der Waals surface area contributed by atoms with Crippen molar-refractivity contribution < 1.29 is 0 Å². The van der Waals surface area contributed by atoms with E-state index in [0.29, 0.717) is 0 Å². The van der Waals surface area contributed by atoms with Gasteiger partial charge in [-0.15, -0.1) is 0 Å². The zero-order valence-corrected chi connectivity index (χ0v) is 7.88. The van der Waals surface area contributed by atoms with Crippen molar-refractivity contribution in [2.75, 3.05) is 5.12 Å². The third-order valence-electron chi connectivity index (χ3n) is 2.21. The fourth-order valence-electron chi connectivity index (χ4n) is 1.49. The van der Waals surface area contributed by atoms with E-state index in [4.69, 9.17) is 0 Å². The summed E-state index contributed by atoms with van der Waals surface area (Å²) in [6, 6.07) is 5.91. The van der Waals surface area contributed by atoms with E-state index in [0.717, 1.165) is 16.7 Å². The monoisotopic (exact) mass is 199 g/mol. The molecule has 0 amide bonds. The van der Waals surface area contributed by atoms with Gasteiger partial charge in [0.25, 0.3) is 0 Å². The number of hydrogen-bond donors (Lipinski definition) is 2. The maximum Gasteiger partial charge on any atom is 0.0931 e. The molecule has 2 heterocycles. The molecule has 74 valence electrons. The van der Waals surface area contributed by atoms with Crippen LogP contribution in [0.15, 0.2) is 41.9 Å². The van der Waals surface area contributed by atoms with Gasteiger partial charge in [0.1, 0.15) is 0 Å². The van der Waals surface area contributed by atoms with E-state index in [1.165, 1.54) is 0 Å². The molecule has 5 heteroatoms. The lowest BCUT2D eigenvalue weighted by atomic mass is 10.3. The van der Waals surface area contributed by atoms with E-state index >= 15 is 0 Å². The van der Waals surface area contributed by atoms with E-state index in [-0.39, 0.29) is 0 Å². The Morgan fingerprint density at radius 1 is 1.27 bits per heavy atom. The summed E-state index contributed by atoms with van der Waals surface area (Å²) < 4.78 is 0. The molecule has 1 aromatic carbocycles. The van der Waals surface area contributed by atoms with Gasteiger partial charge in [-0.2, -0.15) is 10.2 Å². The summed E-state index contributed by atoms with van der Waals surface area (Å²) in [5, 5.41) is 5.86. The van der Waals surface area contributed by atoms with Crippen molar-refractivity contribution in [3.05, 3.63) is 36.8 Å². The van der Waals surface area contributed by atoms with Crippen molar-refractivity contribution in [1.29, 1.82) is 0 Å². The lowest BCUT2D eigenvalue weighted by molar-refractivity contribution is 0.775. The molecule has 0 radical (unpaired) electrons. The van der Waals surface area contributed by atoms with E-state index in [2.05, 4.69) is 20.5 Å². The number of nitrogens with zero attached hydrogens (tertiary/aromatic N) is 3. The van der Waals surface area contributed by atoms with E-state index in [1.807, 2.05) is 30.5 Å². The molecule has 0 saturated carbocycles. The summed E-state index contributed by atoms with van der Waals surface area (Å²) >= 11 is 0. The zero-order valence-electron chi connectivity index (χ0n) is 7.88. The van der Waals surface area contributed by atoms with Crippen molar-refractivity contribution in [2.45, 2.75) is 0 Å². The largest absolute Gasteiger partial charge is 0.345 e. The van der Waals surface area contributed by atoms with Crippen LogP contribution in [0.1, 0.15) is 0 Å². The van der Waals surface area contributed by atoms with Gasteiger partial charge < -0.3 is 4.98 Å². The fourth-order valence-corrected chi connectivity index (χ4v) is 1.49. The Morgan fingerprint density at radius 2 is 2.27 bits per heavy atom. The first-order valence-corrected chi connectivity index (χ1v) is 4.62. The van der Waals surface area contributed by atoms with Gasteiger partial charge in [-0.05, 0) is 24.3 Å². The second-order valence-electron chi connectivity index (χ2n) is 3.17. The van der Waals surface area contributed by atoms with Crippen LogP contribution in [-0.2, 0) is 0 Å². The summed E-state index contributed by atoms with van der Waals surface area (Å²) in [6.07, 6.45) is 7.07. The predicted molar refractivity (Wildman–Crippen MR) is 59.3 cm³/mol. The molecule has 0 spiro atoms. The van der Waals surface area contributed by atoms with Gasteiger partial charge in [-0.3, -0.25) is 5.43 Å². The summed E-state index contributed by atoms with van der Waals surface area (Å²) in [4.78, 5) is 7.22. The highest BCUT2D eigenvalue weighted by Crippen LogP contribution is 2.19. The summed E-state index contributed by atoms with van der Waals surface area (Å²) in [7, 11) is 0. The van der Waals surface area contributed by atoms with Gasteiger partial charge in [0, 0.05) is 6.20 Å². The number of hydrogen-bond acceptors (Lipinski definition) is 4. The second kappa shape index (κ2) is 3.13. The Hall–Kier alpha value is -2.30. The molecule has 0 saturated heterocycles. The number of anilines is 1. The van der Waals surface area contributed by atoms with Crippen molar-refractivity contribution in [3.8, 4) is 0 Å². The number of fused-ring (bicyclic) bond motifs is 1. The molecule has 2 aromatic rings. The first-order chi connectivity index (χ1) is 7.43. The Morgan fingerprint density at radius 3 is 3.13 bits per heavy atom. The highest BCUT2D eigenvalue weighted by atomic mass is 15.7. The van der Waals surface area contributed by atoms with Crippen molar-refractivity contribution in [1.82, 2.24) is 15.4 Å². The Labute approximate surface area is 86.1 Å². The number of aromatic nitrogens is 2. The van der Waals surface area contributed by atoms with Crippen LogP contribution in [0.25, 0.3) is 11.0 Å². The maximum absolute atomic E-state index is 4.17. The minimum absolute atomic E-state index is 0.954. The third-order valence-corrected chi connectivity index (χ3v) is 2.21. The molecule has 5 nitrogen and oxygen atoms in total. The number of benzene rings is 1. The molecule has 0 bridgehead atoms. The normalized spacial score (nSPS) is 14.5. The van der Waals surface area contributed by atoms with Crippen LogP contribution in [0.4, 0.5) is 5.69 Å². The number of allylic oxidation sites excluding steroid dienone is 1. The van der Waals surface area contributed by atoms with Crippen LogP contribution in [0.2, 0.25) is 0 Å². The number of hydrazone groups is 1. The van der Waals surface area contributed by atoms with E-state index in [9.17, 15) is 0 Å². The van der Waals surface area contributed by atoms with E-state index < -0.39 is 0 Å². The van der Waals surface area contributed by atoms with Crippen LogP contribution >= 0.6 is 0 Å². The first kappa shape index (κ1) is 8.05. The van der Waals surface area contributed by atoms with Crippen LogP contribution in [-0.4, -0.2) is 16.2 Å². The molecule has 0 fully saturated rings. The van der Waals surface area contributed by atoms with Crippen molar-refractivity contribution >= 4 is 22.9 Å². The number of aromatic amines is 1. The highest BCUT2D eigenvalue weighted by Gasteiger charge is 2.05. The molecule has 0 aliphatic carbocycles. The molecule has 1 aromatic heterocycles. The molecule has 3 rings (SSSR count). The van der Waals surface area contributed by atoms with Crippen LogP contribution < -0.4 is 10.5 Å². The first-order valence-electron chi connectivity index (χ1n) is 4.62. The minimum Gasteiger partial charge on any atom is -0.345 e. The van der Waals surface area contributed by atoms with Gasteiger partial charge in [0.2, 0.25) is 0 Å². The SMILES string of the molecule is C1=CNN(c2ccc3nc[nH]c3c2)N=C1. The van der Waals surface area contributed by atoms with Gasteiger partial charge in [-0.1, -0.05) is 0 Å². The van der Waals surface area contributed by atoms with Gasteiger partial charge in [0.05, 0.1) is 29.3 Å². The van der Waals surface area contributed by atoms with Crippen LogP contribution in [0.5, 0.6) is 0 Å². The predicted octanol–water partition coefficient (Wildman–Crippen LogP) is 1.39. The summed E-state index contributed by atoms with van der Waals surface area (Å²) in [6.45, 7) is 0. The Kier molecular flexibility index (Phi) is 1.68. The van der Waals surface area contributed by atoms with E-state index in [1.54, 1.807) is 17.7 Å². The number of hydrazine groups is 1. The van der Waals surface area contributed by atoms with Crippen molar-refractivity contribution in [3.63, 3.8) is 0 Å². The van der Waals surface area contributed by atoms with Crippen molar-refractivity contribution in [2.24, 2.45) is 5.10 Å². The second-order valence-corrected chi connectivity index (χ2v) is 3.17. The van der Waals surface area contributed by atoms with Gasteiger partial charge in [0.15, 0.2) is 0 Å². The third kappa shape index (κ3) is 1.34. The molecule has 1 aliphatic rings. The number of imidazole rings is 1. The Bertz CT molecular complexity index is 539. The quantitative estimate of drug-likeness (QED) is 0.729. The Balaban J connectivity index is 2.03. The maximum atomic E-state index is 4.17. The smallest absolute Gasteiger partial charge is 0.0931 e. The standard InChI is InChI=1S/C10H9N5/c1-4-13-15(14-5-1)8-2-3-9-10(6-8)12-7-11-9/h1-7,13H,(H,11,12). The zero-order chi connectivity index (χ0) is 10.1. The van der Waals surface area contributed by atoms with Gasteiger partial charge >= 0.3 is 0 Å². The number of H-pyrrole nitrogens is 1. The molecular weight excluding hydrogens is 190 g/mol. The molecule has 0 unspecified atom stereocenters. The van der Waals surface area contributed by atoms with Gasteiger partial charge in [-0.25, -0.2) is 4.98 Å². The average molecular weight is 199 g/mol. The summed E-state index contributed by atoms with van der Waals surface area (Å²) in [5.41, 5.74) is 5.93. The molecule has 2 N–H and O–H groups in total. The van der Waals surface area contributed by atoms with Crippen LogP contribution in [0, 0.1) is 0 Å². The lowest BCUT2D eigenvalue weighted by Crippen LogP contribution is -2.30. The minimum atomic E-state index is 0.954. The highest BCUT2D eigenvalue weighted by molar-refractivity contribution is 5.80. The molecule has 0 atom stereocenters. The fraction of sp³-hybridized carbons (Fsp3) is 0. The topological polar surface area (TPSA) is 56.3 Å². The number of rotatable bonds is 1. The van der Waals surface area contributed by atoms with Crippen LogP contribution in [0.3, 0.4) is 0 Å². The lowest BCUT2D eigenvalue weighted by Gasteiger charge is -2.19. The molecule has 1 aliphatic heterocycles. The molecule has 15 heavy (non-hydrogen) atoms. The molecular formula is C10H9N5.